The lowest BCUT2D eigenvalue weighted by molar-refractivity contribution is -0.118. The Morgan fingerprint density at radius 3 is 3.09 bits per heavy atom. The van der Waals surface area contributed by atoms with E-state index in [2.05, 4.69) is 5.43 Å². The standard InChI is InChI=1S/C6H11N3OS/c7-6(10)2-1-4-9-8-3-5-11-9/h3,5,8H,1-2,4H2,(H2,7,10). The molecule has 1 aliphatic rings. The lowest BCUT2D eigenvalue weighted by Crippen LogP contribution is -2.25. The lowest BCUT2D eigenvalue weighted by atomic mass is 10.3. The second kappa shape index (κ2) is 4.25. The molecule has 0 aromatic heterocycles. The van der Waals surface area contributed by atoms with Gasteiger partial charge in [0.2, 0.25) is 5.91 Å². The smallest absolute Gasteiger partial charge is 0.217 e. The largest absolute Gasteiger partial charge is 0.370 e. The summed E-state index contributed by atoms with van der Waals surface area (Å²) in [5.74, 6) is -0.234. The number of nitrogens with two attached hydrogens (primary N) is 1. The van der Waals surface area contributed by atoms with Gasteiger partial charge in [0.05, 0.1) is 0 Å². The van der Waals surface area contributed by atoms with Crippen LogP contribution in [0.1, 0.15) is 12.8 Å². The van der Waals surface area contributed by atoms with Crippen molar-refractivity contribution in [2.45, 2.75) is 12.8 Å². The Labute approximate surface area is 69.9 Å². The number of nitrogens with zero attached hydrogens (tertiary/aromatic N) is 1. The summed E-state index contributed by atoms with van der Waals surface area (Å²) in [4.78, 5) is 10.3. The van der Waals surface area contributed by atoms with E-state index in [4.69, 9.17) is 5.73 Å². The lowest BCUT2D eigenvalue weighted by Gasteiger charge is -2.12. The Morgan fingerprint density at radius 2 is 2.55 bits per heavy atom. The number of carbonyl (C=O) groups excluding carboxylic acids is 1. The fourth-order valence-corrected chi connectivity index (χ4v) is 1.39. The fourth-order valence-electron chi connectivity index (χ4n) is 0.762. The Hall–Kier alpha value is -0.680. The van der Waals surface area contributed by atoms with Gasteiger partial charge in [-0.15, -0.1) is 0 Å². The fraction of sp³-hybridized carbons (Fsp3) is 0.500. The first-order chi connectivity index (χ1) is 5.29. The molecule has 0 radical (unpaired) electrons. The summed E-state index contributed by atoms with van der Waals surface area (Å²) >= 11 is 1.58. The van der Waals surface area contributed by atoms with Gasteiger partial charge < -0.3 is 11.2 Å². The van der Waals surface area contributed by atoms with Gasteiger partial charge in [-0.1, -0.05) is 0 Å². The third-order valence-electron chi connectivity index (χ3n) is 1.26. The summed E-state index contributed by atoms with van der Waals surface area (Å²) in [5, 5.41) is 1.95. The van der Waals surface area contributed by atoms with Crippen LogP contribution in [0.25, 0.3) is 0 Å². The molecular formula is C6H11N3OS. The van der Waals surface area contributed by atoms with Gasteiger partial charge in [0.25, 0.3) is 0 Å². The molecule has 0 aliphatic carbocycles. The van der Waals surface area contributed by atoms with Crippen LogP contribution in [0.4, 0.5) is 0 Å². The van der Waals surface area contributed by atoms with Crippen LogP contribution in [0.2, 0.25) is 0 Å². The van der Waals surface area contributed by atoms with Crippen molar-refractivity contribution in [1.82, 2.24) is 9.84 Å². The summed E-state index contributed by atoms with van der Waals surface area (Å²) in [7, 11) is 0. The summed E-state index contributed by atoms with van der Waals surface area (Å²) in [6, 6.07) is 0. The minimum absolute atomic E-state index is 0.234. The van der Waals surface area contributed by atoms with Crippen LogP contribution in [0.3, 0.4) is 0 Å². The highest BCUT2D eigenvalue weighted by Crippen LogP contribution is 2.13. The van der Waals surface area contributed by atoms with Crippen molar-refractivity contribution in [2.24, 2.45) is 5.73 Å². The van der Waals surface area contributed by atoms with E-state index < -0.39 is 0 Å². The maximum atomic E-state index is 10.3. The molecule has 5 heteroatoms. The second-order valence-corrected chi connectivity index (χ2v) is 3.13. The van der Waals surface area contributed by atoms with Gasteiger partial charge in [0.15, 0.2) is 0 Å². The molecule has 0 aromatic rings. The molecule has 1 rings (SSSR count). The Kier molecular flexibility index (Phi) is 3.25. The van der Waals surface area contributed by atoms with E-state index in [1.165, 1.54) is 0 Å². The third-order valence-corrected chi connectivity index (χ3v) is 2.06. The molecule has 4 nitrogen and oxygen atoms in total. The topological polar surface area (TPSA) is 58.4 Å². The van der Waals surface area contributed by atoms with Crippen LogP contribution in [-0.4, -0.2) is 16.9 Å². The van der Waals surface area contributed by atoms with Gasteiger partial charge in [0.1, 0.15) is 0 Å². The maximum absolute atomic E-state index is 10.3. The van der Waals surface area contributed by atoms with Crippen molar-refractivity contribution in [3.8, 4) is 0 Å². The minimum atomic E-state index is -0.234. The molecule has 1 heterocycles. The Morgan fingerprint density at radius 1 is 1.73 bits per heavy atom. The highest BCUT2D eigenvalue weighted by Gasteiger charge is 2.05. The molecular weight excluding hydrogens is 162 g/mol. The van der Waals surface area contributed by atoms with Gasteiger partial charge >= 0.3 is 0 Å². The number of rotatable bonds is 4. The SMILES string of the molecule is NC(=O)CCCN1NC=CS1. The molecule has 1 amide bonds. The van der Waals surface area contributed by atoms with Crippen molar-refractivity contribution < 1.29 is 4.79 Å². The normalized spacial score (nSPS) is 16.7. The highest BCUT2D eigenvalue weighted by atomic mass is 32.2. The molecule has 0 fully saturated rings. The van der Waals surface area contributed by atoms with Crippen molar-refractivity contribution in [3.05, 3.63) is 11.6 Å². The number of amides is 1. The zero-order valence-electron chi connectivity index (χ0n) is 6.12. The molecule has 11 heavy (non-hydrogen) atoms. The molecule has 0 spiro atoms. The molecule has 0 atom stereocenters. The number of nitrogens with one attached hydrogen (secondary N) is 1. The molecule has 3 N–H and O–H groups in total. The first kappa shape index (κ1) is 8.42. The average Bonchev–Trinajstić information content (AvgIpc) is 2.39. The predicted octanol–water partition coefficient (Wildman–Crippen LogP) is 0.191. The molecule has 0 aromatic carbocycles. The first-order valence-electron chi connectivity index (χ1n) is 3.43. The predicted molar refractivity (Wildman–Crippen MR) is 45.0 cm³/mol. The van der Waals surface area contributed by atoms with Crippen molar-refractivity contribution >= 4 is 17.9 Å². The zero-order chi connectivity index (χ0) is 8.10. The van der Waals surface area contributed by atoms with Crippen LogP contribution in [-0.2, 0) is 4.79 Å². The van der Waals surface area contributed by atoms with Crippen LogP contribution >= 0.6 is 11.9 Å². The average molecular weight is 173 g/mol. The minimum Gasteiger partial charge on any atom is -0.370 e. The zero-order valence-corrected chi connectivity index (χ0v) is 6.93. The summed E-state index contributed by atoms with van der Waals surface area (Å²) in [6.45, 7) is 0.834. The second-order valence-electron chi connectivity index (χ2n) is 2.21. The van der Waals surface area contributed by atoms with Crippen molar-refractivity contribution in [1.29, 1.82) is 0 Å². The monoisotopic (exact) mass is 173 g/mol. The van der Waals surface area contributed by atoms with E-state index >= 15 is 0 Å². The number of carbonyl (C=O) groups is 1. The first-order valence-corrected chi connectivity index (χ1v) is 4.26. The van der Waals surface area contributed by atoms with E-state index in [9.17, 15) is 4.79 Å². The number of hydrazine groups is 1. The molecule has 1 aliphatic heterocycles. The Balaban J connectivity index is 1.99. The van der Waals surface area contributed by atoms with Crippen LogP contribution < -0.4 is 11.2 Å². The van der Waals surface area contributed by atoms with Gasteiger partial charge in [-0.25, -0.2) is 0 Å². The van der Waals surface area contributed by atoms with Gasteiger partial charge in [-0.2, -0.15) is 4.41 Å². The van der Waals surface area contributed by atoms with Gasteiger partial charge in [-0.05, 0) is 18.4 Å². The summed E-state index contributed by atoms with van der Waals surface area (Å²) in [5.41, 5.74) is 7.97. The molecule has 62 valence electrons. The van der Waals surface area contributed by atoms with E-state index in [0.717, 1.165) is 13.0 Å². The van der Waals surface area contributed by atoms with E-state index in [-0.39, 0.29) is 5.91 Å². The molecule has 0 saturated heterocycles. The number of hydrogen-bond acceptors (Lipinski definition) is 4. The molecule has 0 bridgehead atoms. The number of primary amides is 1. The van der Waals surface area contributed by atoms with E-state index in [1.807, 2.05) is 16.0 Å². The molecule has 0 unspecified atom stereocenters. The number of hydrogen-bond donors (Lipinski definition) is 2. The third kappa shape index (κ3) is 3.29. The van der Waals surface area contributed by atoms with E-state index in [0.29, 0.717) is 6.42 Å². The quantitative estimate of drug-likeness (QED) is 0.596. The summed E-state index contributed by atoms with van der Waals surface area (Å²) in [6.07, 6.45) is 3.12. The molecule has 0 saturated carbocycles. The van der Waals surface area contributed by atoms with Gasteiger partial charge in [0, 0.05) is 24.6 Å². The highest BCUT2D eigenvalue weighted by molar-refractivity contribution is 8.00. The van der Waals surface area contributed by atoms with Gasteiger partial charge in [-0.3, -0.25) is 4.79 Å². The maximum Gasteiger partial charge on any atom is 0.217 e. The Bertz CT molecular complexity index is 163. The van der Waals surface area contributed by atoms with Crippen LogP contribution in [0, 0.1) is 0 Å². The summed E-state index contributed by atoms with van der Waals surface area (Å²) < 4.78 is 1.95. The van der Waals surface area contributed by atoms with Crippen molar-refractivity contribution in [2.75, 3.05) is 6.54 Å². The van der Waals surface area contributed by atoms with Crippen LogP contribution in [0.15, 0.2) is 11.6 Å². The van der Waals surface area contributed by atoms with Crippen LogP contribution in [0.5, 0.6) is 0 Å². The van der Waals surface area contributed by atoms with E-state index in [1.54, 1.807) is 11.9 Å². The van der Waals surface area contributed by atoms with Crippen molar-refractivity contribution in [3.63, 3.8) is 0 Å².